The zero-order valence-corrected chi connectivity index (χ0v) is 19.5. The third-order valence-electron chi connectivity index (χ3n) is 5.41. The van der Waals surface area contributed by atoms with Crippen LogP contribution in [0.4, 0.5) is 5.69 Å². The van der Waals surface area contributed by atoms with E-state index in [9.17, 15) is 14.3 Å². The van der Waals surface area contributed by atoms with Gasteiger partial charge < -0.3 is 25.6 Å². The van der Waals surface area contributed by atoms with Crippen LogP contribution in [0.2, 0.25) is 0 Å². The lowest BCUT2D eigenvalue weighted by molar-refractivity contribution is -0.125. The third kappa shape index (κ3) is 7.44. The van der Waals surface area contributed by atoms with Crippen LogP contribution in [0.1, 0.15) is 24.0 Å². The van der Waals surface area contributed by atoms with Gasteiger partial charge in [0.1, 0.15) is 18.2 Å². The molecular formula is C23H30N5O4P. The Morgan fingerprint density at radius 3 is 2.67 bits per heavy atom. The lowest BCUT2D eigenvalue weighted by atomic mass is 9.95. The number of piperidine rings is 1. The van der Waals surface area contributed by atoms with Gasteiger partial charge in [-0.3, -0.25) is 19.8 Å². The zero-order chi connectivity index (χ0) is 23.8. The number of nitrogen functional groups attached to an aromatic ring is 1. The van der Waals surface area contributed by atoms with Crippen molar-refractivity contribution >= 4 is 30.9 Å². The Balaban J connectivity index is 1.50. The maximum absolute atomic E-state index is 12.6. The number of ether oxygens (including phenoxy) is 1. The van der Waals surface area contributed by atoms with Crippen molar-refractivity contribution in [3.05, 3.63) is 59.7 Å². The molecule has 0 aliphatic carbocycles. The number of aromatic nitrogens is 1. The van der Waals surface area contributed by atoms with E-state index in [1.807, 2.05) is 12.1 Å². The average molecular weight is 471 g/mol. The van der Waals surface area contributed by atoms with Gasteiger partial charge in [-0.05, 0) is 37.1 Å². The molecule has 0 bridgehead atoms. The summed E-state index contributed by atoms with van der Waals surface area (Å²) >= 11 is 0. The van der Waals surface area contributed by atoms with Gasteiger partial charge in [0, 0.05) is 60.7 Å². The summed E-state index contributed by atoms with van der Waals surface area (Å²) in [5.74, 6) is 1.52. The van der Waals surface area contributed by atoms with Gasteiger partial charge >= 0.3 is 0 Å². The normalized spacial score (nSPS) is 16.4. The molecule has 1 amide bonds. The lowest BCUT2D eigenvalue weighted by Crippen LogP contribution is -2.41. The summed E-state index contributed by atoms with van der Waals surface area (Å²) in [7, 11) is -3.33. The molecule has 1 aromatic heterocycles. The van der Waals surface area contributed by atoms with Crippen molar-refractivity contribution in [1.29, 1.82) is 5.41 Å². The summed E-state index contributed by atoms with van der Waals surface area (Å²) in [5, 5.41) is 10.5. The number of hydrogen-bond donors (Lipinski definition) is 4. The van der Waals surface area contributed by atoms with E-state index < -0.39 is 7.37 Å². The molecule has 2 aromatic rings. The molecule has 0 radical (unpaired) electrons. The number of carbonyl (C=O) groups is 1. The summed E-state index contributed by atoms with van der Waals surface area (Å²) in [6.45, 7) is 3.41. The molecule has 9 nitrogen and oxygen atoms in total. The maximum Gasteiger partial charge on any atom is 0.223 e. The summed E-state index contributed by atoms with van der Waals surface area (Å²) in [4.78, 5) is 28.4. The largest absolute Gasteiger partial charge is 0.491 e. The average Bonchev–Trinajstić information content (AvgIpc) is 2.80. The Morgan fingerprint density at radius 2 is 2.03 bits per heavy atom. The zero-order valence-electron chi connectivity index (χ0n) is 18.6. The molecule has 1 atom stereocenters. The van der Waals surface area contributed by atoms with Gasteiger partial charge in [0.25, 0.3) is 0 Å². The summed E-state index contributed by atoms with van der Waals surface area (Å²) in [6, 6.07) is 8.88. The maximum atomic E-state index is 12.6. The Hall–Kier alpha value is -3.16. The van der Waals surface area contributed by atoms with Crippen LogP contribution >= 0.6 is 7.37 Å². The number of rotatable bonds is 9. The van der Waals surface area contributed by atoms with Crippen LogP contribution < -0.4 is 20.7 Å². The Labute approximate surface area is 193 Å². The van der Waals surface area contributed by atoms with Crippen LogP contribution in [-0.2, 0) is 9.36 Å². The first-order chi connectivity index (χ1) is 15.7. The van der Waals surface area contributed by atoms with Crippen LogP contribution in [0.5, 0.6) is 5.75 Å². The number of amides is 1. The second kappa shape index (κ2) is 11.1. The van der Waals surface area contributed by atoms with Crippen LogP contribution in [-0.4, -0.2) is 54.5 Å². The highest BCUT2D eigenvalue weighted by Crippen LogP contribution is 2.38. The quantitative estimate of drug-likeness (QED) is 0.191. The van der Waals surface area contributed by atoms with E-state index in [1.165, 1.54) is 18.6 Å². The molecule has 33 heavy (non-hydrogen) atoms. The molecule has 2 heterocycles. The van der Waals surface area contributed by atoms with Crippen molar-refractivity contribution in [3.63, 3.8) is 0 Å². The minimum absolute atomic E-state index is 0.0118. The van der Waals surface area contributed by atoms with Gasteiger partial charge in [0.2, 0.25) is 13.3 Å². The monoisotopic (exact) mass is 471 g/mol. The van der Waals surface area contributed by atoms with Crippen molar-refractivity contribution in [2.24, 2.45) is 11.7 Å². The van der Waals surface area contributed by atoms with E-state index in [-0.39, 0.29) is 24.3 Å². The Bertz CT molecular complexity index is 1050. The first-order valence-corrected chi connectivity index (χ1v) is 12.9. The van der Waals surface area contributed by atoms with E-state index in [1.54, 1.807) is 30.6 Å². The number of pyridine rings is 1. The molecule has 0 saturated carbocycles. The summed E-state index contributed by atoms with van der Waals surface area (Å²) in [5.41, 5.74) is 7.75. The topological polar surface area (TPSA) is 142 Å². The second-order valence-electron chi connectivity index (χ2n) is 8.03. The minimum atomic E-state index is -3.33. The van der Waals surface area contributed by atoms with E-state index in [2.05, 4.69) is 15.2 Å². The molecule has 176 valence electrons. The van der Waals surface area contributed by atoms with Crippen molar-refractivity contribution in [2.45, 2.75) is 12.8 Å². The highest BCUT2D eigenvalue weighted by molar-refractivity contribution is 7.60. The number of nitrogens with two attached hydrogens (primary N) is 1. The lowest BCUT2D eigenvalue weighted by Gasteiger charge is -2.32. The molecule has 0 spiro atoms. The van der Waals surface area contributed by atoms with E-state index in [0.29, 0.717) is 23.4 Å². The third-order valence-corrected chi connectivity index (χ3v) is 6.11. The number of nitrogens with one attached hydrogen (secondary N) is 2. The molecule has 1 aliphatic rings. The van der Waals surface area contributed by atoms with E-state index in [4.69, 9.17) is 15.9 Å². The molecule has 1 aromatic carbocycles. The number of nitrogens with zero attached hydrogens (tertiary/aromatic N) is 2. The van der Waals surface area contributed by atoms with E-state index >= 15 is 0 Å². The smallest absolute Gasteiger partial charge is 0.223 e. The van der Waals surface area contributed by atoms with Crippen molar-refractivity contribution < 1.29 is 19.0 Å². The number of amidine groups is 1. The molecule has 5 N–H and O–H groups in total. The number of carbonyl (C=O) groups excluding carboxylic acids is 1. The molecule has 1 fully saturated rings. The minimum Gasteiger partial charge on any atom is -0.491 e. The molecule has 1 aliphatic heterocycles. The fourth-order valence-corrected chi connectivity index (χ4v) is 4.05. The van der Waals surface area contributed by atoms with Crippen molar-refractivity contribution in [3.8, 4) is 5.75 Å². The van der Waals surface area contributed by atoms with Gasteiger partial charge in [-0.2, -0.15) is 0 Å². The summed E-state index contributed by atoms with van der Waals surface area (Å²) in [6.07, 6.45) is 6.61. The number of benzene rings is 1. The predicted octanol–water partition coefficient (Wildman–Crippen LogP) is 2.65. The molecule has 1 unspecified atom stereocenters. The van der Waals surface area contributed by atoms with Gasteiger partial charge in [-0.15, -0.1) is 0 Å². The van der Waals surface area contributed by atoms with Gasteiger partial charge in [0.05, 0.1) is 6.54 Å². The SMILES string of the molecule is CP(=O)(O)/C=C/c1ccc(C(=N)N)cc1OCCNC(=O)C1CCN(c2ccncc2)CC1. The van der Waals surface area contributed by atoms with Gasteiger partial charge in [0.15, 0.2) is 0 Å². The summed E-state index contributed by atoms with van der Waals surface area (Å²) < 4.78 is 17.4. The van der Waals surface area contributed by atoms with Gasteiger partial charge in [-0.25, -0.2) is 0 Å². The molecule has 10 heteroatoms. The number of hydrogen-bond acceptors (Lipinski definition) is 6. The Kier molecular flexibility index (Phi) is 8.25. The van der Waals surface area contributed by atoms with Gasteiger partial charge in [-0.1, -0.05) is 12.1 Å². The second-order valence-corrected chi connectivity index (χ2v) is 10.2. The van der Waals surface area contributed by atoms with E-state index in [0.717, 1.165) is 31.6 Å². The first-order valence-electron chi connectivity index (χ1n) is 10.8. The fraction of sp³-hybridized carbons (Fsp3) is 0.348. The van der Waals surface area contributed by atoms with Crippen LogP contribution in [0, 0.1) is 11.3 Å². The molecule has 3 rings (SSSR count). The highest BCUT2D eigenvalue weighted by Gasteiger charge is 2.24. The van der Waals surface area contributed by atoms with Crippen LogP contribution in [0.25, 0.3) is 6.08 Å². The molecular weight excluding hydrogens is 441 g/mol. The van der Waals surface area contributed by atoms with Crippen LogP contribution in [0.15, 0.2) is 48.5 Å². The molecule has 1 saturated heterocycles. The van der Waals surface area contributed by atoms with Crippen molar-refractivity contribution in [1.82, 2.24) is 10.3 Å². The van der Waals surface area contributed by atoms with Crippen LogP contribution in [0.3, 0.4) is 0 Å². The highest BCUT2D eigenvalue weighted by atomic mass is 31.2. The first kappa shape index (κ1) is 24.5. The standard InChI is InChI=1S/C23H30N5O4P/c1-33(30,31)15-8-17-2-3-19(22(24)25)16-21(17)32-14-11-27-23(29)18-6-12-28(13-7-18)20-4-9-26-10-5-20/h2-5,8-10,15-16,18H,6-7,11-14H2,1H3,(H3,24,25)(H,27,29)(H,30,31)/b15-8+. The predicted molar refractivity (Wildman–Crippen MR) is 130 cm³/mol. The van der Waals surface area contributed by atoms with Crippen molar-refractivity contribution in [2.75, 3.05) is 37.8 Å². The Morgan fingerprint density at radius 1 is 1.33 bits per heavy atom. The number of anilines is 1. The fourth-order valence-electron chi connectivity index (χ4n) is 3.62.